The van der Waals surface area contributed by atoms with Gasteiger partial charge in [0.2, 0.25) is 0 Å². The molecule has 1 aliphatic rings. The number of Topliss-reactive ketones (excluding diaryl/α,β-unsaturated/α-hetero) is 1. The number of hydrogen-bond donors (Lipinski definition) is 1. The summed E-state index contributed by atoms with van der Waals surface area (Å²) in [6, 6.07) is 4.95. The summed E-state index contributed by atoms with van der Waals surface area (Å²) in [5.41, 5.74) is 1.67. The fraction of sp³-hybridized carbons (Fsp3) is 0.231. The van der Waals surface area contributed by atoms with Gasteiger partial charge in [0.15, 0.2) is 0 Å². The predicted octanol–water partition coefficient (Wildman–Crippen LogP) is 1.64. The molecule has 1 N–H and O–H groups in total. The number of ketones is 1. The number of carbonyl (C=O) groups excluding carboxylic acids is 2. The molecule has 1 aliphatic heterocycles. The van der Waals surface area contributed by atoms with Crippen molar-refractivity contribution in [3.05, 3.63) is 40.9 Å². The first-order valence-electron chi connectivity index (χ1n) is 5.52. The second-order valence-electron chi connectivity index (χ2n) is 4.14. The number of hydrogen-bond acceptors (Lipinski definition) is 3. The molecule has 0 unspecified atom stereocenters. The molecule has 1 heterocycles. The van der Waals surface area contributed by atoms with Crippen molar-refractivity contribution < 1.29 is 9.59 Å². The standard InChI is InChI=1S/C13H13ClN2O2/c1-8(6-15-2)7-16-11-9(12(17)13(16)18)4-3-5-10(11)14/h3-5,15H,1,6-7H2,2H3. The first-order valence-corrected chi connectivity index (χ1v) is 5.90. The quantitative estimate of drug-likeness (QED) is 0.664. The van der Waals surface area contributed by atoms with Crippen LogP contribution in [0.1, 0.15) is 10.4 Å². The largest absolute Gasteiger partial charge is 0.316 e. The first kappa shape index (κ1) is 12.8. The molecule has 0 spiro atoms. The third kappa shape index (κ3) is 2.05. The SMILES string of the molecule is C=C(CNC)CN1C(=O)C(=O)c2cccc(Cl)c21. The minimum Gasteiger partial charge on any atom is -0.316 e. The summed E-state index contributed by atoms with van der Waals surface area (Å²) < 4.78 is 0. The number of halogens is 1. The Morgan fingerprint density at radius 2 is 2.17 bits per heavy atom. The van der Waals surface area contributed by atoms with Crippen LogP contribution in [0, 0.1) is 0 Å². The predicted molar refractivity (Wildman–Crippen MR) is 71.2 cm³/mol. The van der Waals surface area contributed by atoms with E-state index in [-0.39, 0.29) is 0 Å². The van der Waals surface area contributed by atoms with Gasteiger partial charge in [-0.3, -0.25) is 14.5 Å². The number of fused-ring (bicyclic) bond motifs is 1. The Kier molecular flexibility index (Phi) is 3.50. The van der Waals surface area contributed by atoms with E-state index in [1.165, 1.54) is 4.90 Å². The van der Waals surface area contributed by atoms with Crippen LogP contribution >= 0.6 is 11.6 Å². The second-order valence-corrected chi connectivity index (χ2v) is 4.54. The lowest BCUT2D eigenvalue weighted by Gasteiger charge is -2.18. The van der Waals surface area contributed by atoms with Crippen LogP contribution in [0.4, 0.5) is 5.69 Å². The van der Waals surface area contributed by atoms with Gasteiger partial charge in [-0.1, -0.05) is 24.2 Å². The molecule has 2 rings (SSSR count). The summed E-state index contributed by atoms with van der Waals surface area (Å²) in [5.74, 6) is -1.06. The van der Waals surface area contributed by atoms with Gasteiger partial charge >= 0.3 is 0 Å². The maximum absolute atomic E-state index is 11.9. The first-order chi connectivity index (χ1) is 8.56. The maximum Gasteiger partial charge on any atom is 0.299 e. The summed E-state index contributed by atoms with van der Waals surface area (Å²) in [7, 11) is 1.79. The highest BCUT2D eigenvalue weighted by Gasteiger charge is 2.37. The van der Waals surface area contributed by atoms with Crippen molar-refractivity contribution in [1.29, 1.82) is 0 Å². The van der Waals surface area contributed by atoms with Gasteiger partial charge in [0, 0.05) is 13.1 Å². The molecule has 0 fully saturated rings. The Bertz CT molecular complexity index is 540. The molecule has 0 atom stereocenters. The third-order valence-electron chi connectivity index (χ3n) is 2.75. The smallest absolute Gasteiger partial charge is 0.299 e. The van der Waals surface area contributed by atoms with Crippen LogP contribution in [-0.4, -0.2) is 31.8 Å². The molecule has 1 amide bonds. The molecular weight excluding hydrogens is 252 g/mol. The highest BCUT2D eigenvalue weighted by Crippen LogP contribution is 2.35. The van der Waals surface area contributed by atoms with Crippen LogP contribution in [0.5, 0.6) is 0 Å². The fourth-order valence-electron chi connectivity index (χ4n) is 1.99. The molecule has 1 aromatic rings. The topological polar surface area (TPSA) is 49.4 Å². The summed E-state index contributed by atoms with van der Waals surface area (Å²) in [5, 5.41) is 3.36. The van der Waals surface area contributed by atoms with Crippen molar-refractivity contribution in [2.75, 3.05) is 25.0 Å². The fourth-order valence-corrected chi connectivity index (χ4v) is 2.27. The molecule has 0 radical (unpaired) electrons. The summed E-state index contributed by atoms with van der Waals surface area (Å²) >= 11 is 6.06. The van der Waals surface area contributed by atoms with E-state index in [0.29, 0.717) is 29.4 Å². The molecule has 1 aromatic carbocycles. The van der Waals surface area contributed by atoms with Gasteiger partial charge in [-0.25, -0.2) is 0 Å². The Labute approximate surface area is 110 Å². The number of carbonyl (C=O) groups is 2. The van der Waals surface area contributed by atoms with E-state index in [4.69, 9.17) is 11.6 Å². The third-order valence-corrected chi connectivity index (χ3v) is 3.05. The molecule has 5 heteroatoms. The number of nitrogens with one attached hydrogen (secondary N) is 1. The van der Waals surface area contributed by atoms with Gasteiger partial charge in [0.05, 0.1) is 16.3 Å². The summed E-state index contributed by atoms with van der Waals surface area (Å²) in [6.07, 6.45) is 0. The molecule has 18 heavy (non-hydrogen) atoms. The zero-order chi connectivity index (χ0) is 13.3. The summed E-state index contributed by atoms with van der Waals surface area (Å²) in [4.78, 5) is 25.1. The van der Waals surface area contributed by atoms with Crippen LogP contribution < -0.4 is 10.2 Å². The number of para-hydroxylation sites is 1. The van der Waals surface area contributed by atoms with Gasteiger partial charge in [-0.15, -0.1) is 0 Å². The Morgan fingerprint density at radius 3 is 2.83 bits per heavy atom. The van der Waals surface area contributed by atoms with Crippen molar-refractivity contribution in [2.24, 2.45) is 0 Å². The molecular formula is C13H13ClN2O2. The molecule has 0 saturated carbocycles. The van der Waals surface area contributed by atoms with E-state index in [9.17, 15) is 9.59 Å². The monoisotopic (exact) mass is 264 g/mol. The van der Waals surface area contributed by atoms with Crippen LogP contribution in [-0.2, 0) is 4.79 Å². The average Bonchev–Trinajstić information content (AvgIpc) is 2.56. The minimum atomic E-state index is -0.546. The van der Waals surface area contributed by atoms with Crippen molar-refractivity contribution in [2.45, 2.75) is 0 Å². The van der Waals surface area contributed by atoms with Crippen molar-refractivity contribution in [3.63, 3.8) is 0 Å². The Hall–Kier alpha value is -1.65. The zero-order valence-corrected chi connectivity index (χ0v) is 10.8. The second kappa shape index (κ2) is 4.92. The lowest BCUT2D eigenvalue weighted by atomic mass is 10.1. The van der Waals surface area contributed by atoms with E-state index in [2.05, 4.69) is 11.9 Å². The molecule has 0 saturated heterocycles. The van der Waals surface area contributed by atoms with Crippen molar-refractivity contribution in [1.82, 2.24) is 5.32 Å². The molecule has 0 aliphatic carbocycles. The molecule has 4 nitrogen and oxygen atoms in total. The van der Waals surface area contributed by atoms with Gasteiger partial charge in [-0.2, -0.15) is 0 Å². The number of anilines is 1. The lowest BCUT2D eigenvalue weighted by molar-refractivity contribution is -0.114. The van der Waals surface area contributed by atoms with E-state index in [1.54, 1.807) is 25.2 Å². The van der Waals surface area contributed by atoms with Crippen LogP contribution in [0.3, 0.4) is 0 Å². The van der Waals surface area contributed by atoms with E-state index >= 15 is 0 Å². The average molecular weight is 265 g/mol. The van der Waals surface area contributed by atoms with E-state index < -0.39 is 11.7 Å². The van der Waals surface area contributed by atoms with Gasteiger partial charge in [0.1, 0.15) is 0 Å². The summed E-state index contributed by atoms with van der Waals surface area (Å²) in [6.45, 7) is 4.73. The number of likely N-dealkylation sites (N-methyl/N-ethyl adjacent to an activating group) is 1. The number of amides is 1. The highest BCUT2D eigenvalue weighted by molar-refractivity contribution is 6.54. The Balaban J connectivity index is 2.36. The van der Waals surface area contributed by atoms with E-state index in [1.807, 2.05) is 0 Å². The highest BCUT2D eigenvalue weighted by atomic mass is 35.5. The van der Waals surface area contributed by atoms with Crippen molar-refractivity contribution in [3.8, 4) is 0 Å². The van der Waals surface area contributed by atoms with E-state index in [0.717, 1.165) is 5.57 Å². The Morgan fingerprint density at radius 1 is 1.44 bits per heavy atom. The van der Waals surface area contributed by atoms with Gasteiger partial charge in [-0.05, 0) is 24.8 Å². The number of nitrogens with zero attached hydrogens (tertiary/aromatic N) is 1. The van der Waals surface area contributed by atoms with Crippen LogP contribution in [0.15, 0.2) is 30.4 Å². The number of rotatable bonds is 4. The molecule has 94 valence electrons. The zero-order valence-electron chi connectivity index (χ0n) is 10.00. The van der Waals surface area contributed by atoms with Gasteiger partial charge < -0.3 is 5.32 Å². The normalized spacial score (nSPS) is 14.0. The lowest BCUT2D eigenvalue weighted by Crippen LogP contribution is -2.33. The number of benzene rings is 1. The minimum absolute atomic E-state index is 0.294. The van der Waals surface area contributed by atoms with Crippen LogP contribution in [0.2, 0.25) is 5.02 Å². The van der Waals surface area contributed by atoms with Crippen molar-refractivity contribution >= 4 is 29.0 Å². The van der Waals surface area contributed by atoms with Gasteiger partial charge in [0.25, 0.3) is 11.7 Å². The molecule has 0 aromatic heterocycles. The van der Waals surface area contributed by atoms with Crippen LogP contribution in [0.25, 0.3) is 0 Å². The maximum atomic E-state index is 11.9. The molecule has 0 bridgehead atoms.